The molecule has 1 aliphatic rings. The summed E-state index contributed by atoms with van der Waals surface area (Å²) in [5.41, 5.74) is 0.414. The molecule has 2 rings (SSSR count). The number of hydrogen-bond donors (Lipinski definition) is 1. The predicted molar refractivity (Wildman–Crippen MR) is 78.8 cm³/mol. The summed E-state index contributed by atoms with van der Waals surface area (Å²) < 4.78 is 6.51. The highest BCUT2D eigenvalue weighted by Crippen LogP contribution is 2.40. The number of aromatic nitrogens is 2. The predicted octanol–water partition coefficient (Wildman–Crippen LogP) is 2.91. The van der Waals surface area contributed by atoms with E-state index in [4.69, 9.17) is 4.74 Å². The Morgan fingerprint density at radius 1 is 1.50 bits per heavy atom. The molecule has 5 heteroatoms. The van der Waals surface area contributed by atoms with Crippen LogP contribution in [0, 0.1) is 3.57 Å². The van der Waals surface area contributed by atoms with Crippen LogP contribution in [-0.4, -0.2) is 16.6 Å². The smallest absolute Gasteiger partial charge is 0.264 e. The molecule has 1 saturated carbocycles. The Morgan fingerprint density at radius 2 is 2.17 bits per heavy atom. The lowest BCUT2D eigenvalue weighted by Gasteiger charge is -2.27. The van der Waals surface area contributed by atoms with Gasteiger partial charge in [-0.15, -0.1) is 0 Å². The number of hydrogen-bond acceptors (Lipinski definition) is 3. The first-order chi connectivity index (χ1) is 8.51. The molecule has 1 heterocycles. The van der Waals surface area contributed by atoms with E-state index >= 15 is 0 Å². The van der Waals surface area contributed by atoms with Crippen molar-refractivity contribution < 1.29 is 4.74 Å². The van der Waals surface area contributed by atoms with Crippen LogP contribution in [0.15, 0.2) is 4.79 Å². The lowest BCUT2D eigenvalue weighted by molar-refractivity contribution is -0.0394. The van der Waals surface area contributed by atoms with Gasteiger partial charge in [0.2, 0.25) is 0 Å². The van der Waals surface area contributed by atoms with Crippen molar-refractivity contribution in [3.8, 4) is 0 Å². The first-order valence-corrected chi connectivity index (χ1v) is 7.53. The standard InChI is InChI=1S/C13H19IN2O2/c1-4-13(3,18-5-2)12-15-10(8-6-7-8)9(14)11(17)16-12/h8H,4-7H2,1-3H3,(H,15,16,17). The second-order valence-corrected chi connectivity index (χ2v) is 5.98. The van der Waals surface area contributed by atoms with Crippen molar-refractivity contribution in [2.75, 3.05) is 6.61 Å². The Labute approximate surface area is 121 Å². The Bertz CT molecular complexity index is 496. The first-order valence-electron chi connectivity index (χ1n) is 6.46. The van der Waals surface area contributed by atoms with E-state index < -0.39 is 5.60 Å². The first kappa shape index (κ1) is 14.0. The highest BCUT2D eigenvalue weighted by Gasteiger charge is 2.33. The van der Waals surface area contributed by atoms with E-state index in [0.29, 0.717) is 18.3 Å². The summed E-state index contributed by atoms with van der Waals surface area (Å²) in [5.74, 6) is 1.14. The summed E-state index contributed by atoms with van der Waals surface area (Å²) in [6, 6.07) is 0. The lowest BCUT2D eigenvalue weighted by Crippen LogP contribution is -2.32. The summed E-state index contributed by atoms with van der Waals surface area (Å²) in [7, 11) is 0. The SMILES string of the molecule is CCOC(C)(CC)c1nc(C2CC2)c(I)c(=O)[nH]1. The van der Waals surface area contributed by atoms with E-state index in [2.05, 4.69) is 32.6 Å². The number of nitrogens with one attached hydrogen (secondary N) is 1. The van der Waals surface area contributed by atoms with E-state index in [-0.39, 0.29) is 5.56 Å². The van der Waals surface area contributed by atoms with Crippen molar-refractivity contribution in [3.05, 3.63) is 25.4 Å². The van der Waals surface area contributed by atoms with Gasteiger partial charge in [0.15, 0.2) is 0 Å². The van der Waals surface area contributed by atoms with E-state index in [1.807, 2.05) is 20.8 Å². The zero-order chi connectivity index (χ0) is 13.3. The molecule has 1 aromatic heterocycles. The molecule has 18 heavy (non-hydrogen) atoms. The van der Waals surface area contributed by atoms with Gasteiger partial charge >= 0.3 is 0 Å². The molecular weight excluding hydrogens is 343 g/mol. The maximum absolute atomic E-state index is 12.0. The van der Waals surface area contributed by atoms with Crippen LogP contribution in [0.25, 0.3) is 0 Å². The Hall–Kier alpha value is -0.430. The maximum Gasteiger partial charge on any atom is 0.264 e. The van der Waals surface area contributed by atoms with Gasteiger partial charge in [0.25, 0.3) is 5.56 Å². The van der Waals surface area contributed by atoms with Crippen LogP contribution in [0.2, 0.25) is 0 Å². The van der Waals surface area contributed by atoms with Gasteiger partial charge in [-0.25, -0.2) is 4.98 Å². The molecule has 0 aliphatic heterocycles. The van der Waals surface area contributed by atoms with Gasteiger partial charge < -0.3 is 9.72 Å². The normalized spacial score (nSPS) is 18.7. The molecule has 4 nitrogen and oxygen atoms in total. The van der Waals surface area contributed by atoms with E-state index in [1.54, 1.807) is 0 Å². The molecule has 1 aromatic rings. The monoisotopic (exact) mass is 362 g/mol. The summed E-state index contributed by atoms with van der Waals surface area (Å²) in [5, 5.41) is 0. The number of halogens is 1. The molecule has 1 N–H and O–H groups in total. The minimum absolute atomic E-state index is 0.0399. The zero-order valence-corrected chi connectivity index (χ0v) is 13.2. The van der Waals surface area contributed by atoms with Crippen LogP contribution in [0.1, 0.15) is 57.5 Å². The van der Waals surface area contributed by atoms with Crippen LogP contribution in [-0.2, 0) is 10.3 Å². The summed E-state index contributed by atoms with van der Waals surface area (Å²) in [6.45, 7) is 6.60. The molecular formula is C13H19IN2O2. The molecule has 0 amide bonds. The third kappa shape index (κ3) is 2.61. The minimum Gasteiger partial charge on any atom is -0.368 e. The summed E-state index contributed by atoms with van der Waals surface area (Å²) in [4.78, 5) is 19.5. The highest BCUT2D eigenvalue weighted by molar-refractivity contribution is 14.1. The van der Waals surface area contributed by atoms with Gasteiger partial charge in [0.05, 0.1) is 9.26 Å². The molecule has 1 fully saturated rings. The van der Waals surface area contributed by atoms with Crippen LogP contribution >= 0.6 is 22.6 Å². The Balaban J connectivity index is 2.47. The minimum atomic E-state index is -0.498. The number of H-pyrrole nitrogens is 1. The van der Waals surface area contributed by atoms with Crippen LogP contribution in [0.5, 0.6) is 0 Å². The number of ether oxygens (including phenoxy) is 1. The third-order valence-electron chi connectivity index (χ3n) is 3.49. The zero-order valence-electron chi connectivity index (χ0n) is 11.0. The van der Waals surface area contributed by atoms with Gasteiger partial charge in [-0.2, -0.15) is 0 Å². The lowest BCUT2D eigenvalue weighted by atomic mass is 10.0. The molecule has 0 bridgehead atoms. The number of nitrogens with zero attached hydrogens (tertiary/aromatic N) is 1. The summed E-state index contributed by atoms with van der Waals surface area (Å²) in [6.07, 6.45) is 3.07. The Morgan fingerprint density at radius 3 is 2.67 bits per heavy atom. The van der Waals surface area contributed by atoms with Crippen molar-refractivity contribution in [1.29, 1.82) is 0 Å². The number of rotatable bonds is 5. The second-order valence-electron chi connectivity index (χ2n) is 4.91. The molecule has 1 unspecified atom stereocenters. The van der Waals surface area contributed by atoms with Crippen molar-refractivity contribution in [2.24, 2.45) is 0 Å². The Kier molecular flexibility index (Phi) is 4.11. The quantitative estimate of drug-likeness (QED) is 0.820. The maximum atomic E-state index is 12.0. The van der Waals surface area contributed by atoms with E-state index in [0.717, 1.165) is 28.5 Å². The molecule has 1 atom stereocenters. The van der Waals surface area contributed by atoms with E-state index in [1.165, 1.54) is 0 Å². The topological polar surface area (TPSA) is 55.0 Å². The van der Waals surface area contributed by atoms with Crippen molar-refractivity contribution in [2.45, 2.75) is 51.6 Å². The van der Waals surface area contributed by atoms with Gasteiger partial charge in [0, 0.05) is 12.5 Å². The molecule has 0 radical (unpaired) electrons. The third-order valence-corrected chi connectivity index (χ3v) is 4.53. The average molecular weight is 362 g/mol. The van der Waals surface area contributed by atoms with Crippen LogP contribution in [0.4, 0.5) is 0 Å². The molecule has 0 aromatic carbocycles. The fraction of sp³-hybridized carbons (Fsp3) is 0.692. The van der Waals surface area contributed by atoms with Crippen molar-refractivity contribution in [1.82, 2.24) is 9.97 Å². The van der Waals surface area contributed by atoms with Gasteiger partial charge in [-0.05, 0) is 55.7 Å². The van der Waals surface area contributed by atoms with Crippen LogP contribution < -0.4 is 5.56 Å². The molecule has 0 saturated heterocycles. The van der Waals surface area contributed by atoms with Crippen molar-refractivity contribution >= 4 is 22.6 Å². The van der Waals surface area contributed by atoms with Crippen molar-refractivity contribution in [3.63, 3.8) is 0 Å². The molecule has 0 spiro atoms. The average Bonchev–Trinajstić information content (AvgIpc) is 3.16. The molecule has 100 valence electrons. The molecule has 1 aliphatic carbocycles. The van der Waals surface area contributed by atoms with E-state index in [9.17, 15) is 4.79 Å². The van der Waals surface area contributed by atoms with Gasteiger partial charge in [-0.1, -0.05) is 6.92 Å². The second kappa shape index (κ2) is 5.28. The summed E-state index contributed by atoms with van der Waals surface area (Å²) >= 11 is 2.09. The fourth-order valence-corrected chi connectivity index (χ4v) is 2.71. The number of aromatic amines is 1. The fourth-order valence-electron chi connectivity index (χ4n) is 2.01. The van der Waals surface area contributed by atoms with Gasteiger partial charge in [-0.3, -0.25) is 4.79 Å². The highest BCUT2D eigenvalue weighted by atomic mass is 127. The van der Waals surface area contributed by atoms with Gasteiger partial charge in [0.1, 0.15) is 11.4 Å². The largest absolute Gasteiger partial charge is 0.368 e. The van der Waals surface area contributed by atoms with Crippen LogP contribution in [0.3, 0.4) is 0 Å².